The van der Waals surface area contributed by atoms with E-state index in [2.05, 4.69) is 20.5 Å². The van der Waals surface area contributed by atoms with Gasteiger partial charge in [-0.15, -0.1) is 0 Å². The molecule has 3 fully saturated rings. The third-order valence-corrected chi connectivity index (χ3v) is 11.5. The molecule has 3 aliphatic heterocycles. The smallest absolute Gasteiger partial charge is 0.262 e. The Hall–Kier alpha value is -6.13. The molecule has 2 aromatic heterocycles. The standard InChI is InChI=1S/C42H44N6O10/c1-46-20-31(27-8-10-43-19-30(27)39(46)52)24-14-34(55-2)32(35(15-24)56-3)21-47-22-42(23-47)17-25(18-42)44-37(50)9-11-57-12-13-58-26-4-5-28-29(16-26)41(54)48(40(28)53)33-6-7-36(49)45-38(33)51/h4-5,8,10,14-16,19-20,25,33H,6-7,9,11-13,17-18,21-23H2,1-3H3,(H,44,50)(H,45,49,51). The van der Waals surface area contributed by atoms with E-state index in [1.165, 1.54) is 12.1 Å². The highest BCUT2D eigenvalue weighted by molar-refractivity contribution is 6.23. The summed E-state index contributed by atoms with van der Waals surface area (Å²) in [4.78, 5) is 82.6. The lowest BCUT2D eigenvalue weighted by Gasteiger charge is -2.59. The molecule has 5 heterocycles. The van der Waals surface area contributed by atoms with E-state index < -0.39 is 29.7 Å². The average molecular weight is 793 g/mol. The summed E-state index contributed by atoms with van der Waals surface area (Å²) in [5, 5.41) is 6.65. The molecule has 4 aliphatic rings. The van der Waals surface area contributed by atoms with E-state index >= 15 is 0 Å². The number of piperidine rings is 1. The van der Waals surface area contributed by atoms with E-state index in [1.807, 2.05) is 24.4 Å². The molecule has 8 rings (SSSR count). The summed E-state index contributed by atoms with van der Waals surface area (Å²) in [6.07, 6.45) is 7.25. The Morgan fingerprint density at radius 1 is 0.914 bits per heavy atom. The average Bonchev–Trinajstić information content (AvgIpc) is 3.43. The zero-order valence-corrected chi connectivity index (χ0v) is 32.5. The highest BCUT2D eigenvalue weighted by atomic mass is 16.5. The number of aromatic nitrogens is 2. The number of likely N-dealkylation sites (tertiary alicyclic amines) is 1. The van der Waals surface area contributed by atoms with E-state index in [0.29, 0.717) is 29.2 Å². The van der Waals surface area contributed by atoms with Gasteiger partial charge in [-0.2, -0.15) is 0 Å². The molecule has 1 unspecified atom stereocenters. The lowest BCUT2D eigenvalue weighted by molar-refractivity contribution is -0.136. The Bertz CT molecular complexity index is 2370. The number of methoxy groups -OCH3 is 2. The molecule has 0 radical (unpaired) electrons. The van der Waals surface area contributed by atoms with Gasteiger partial charge in [0.15, 0.2) is 0 Å². The van der Waals surface area contributed by atoms with Gasteiger partial charge >= 0.3 is 0 Å². The second-order valence-corrected chi connectivity index (χ2v) is 15.4. The predicted molar refractivity (Wildman–Crippen MR) is 208 cm³/mol. The van der Waals surface area contributed by atoms with Crippen molar-refractivity contribution in [3.63, 3.8) is 0 Å². The molecule has 1 spiro atoms. The van der Waals surface area contributed by atoms with E-state index in [0.717, 1.165) is 52.9 Å². The fourth-order valence-electron chi connectivity index (χ4n) is 8.75. The van der Waals surface area contributed by atoms with Crippen LogP contribution in [-0.2, 0) is 32.7 Å². The van der Waals surface area contributed by atoms with Gasteiger partial charge in [-0.05, 0) is 72.0 Å². The molecule has 58 heavy (non-hydrogen) atoms. The Morgan fingerprint density at radius 2 is 1.66 bits per heavy atom. The van der Waals surface area contributed by atoms with Crippen molar-refractivity contribution in [1.82, 2.24) is 30.0 Å². The number of imide groups is 2. The van der Waals surface area contributed by atoms with Gasteiger partial charge in [0, 0.05) is 69.7 Å². The number of rotatable bonds is 14. The number of benzene rings is 2. The van der Waals surface area contributed by atoms with Crippen LogP contribution in [0.5, 0.6) is 17.2 Å². The van der Waals surface area contributed by atoms with Crippen molar-refractivity contribution in [3.05, 3.63) is 82.0 Å². The Balaban J connectivity index is 0.757. The number of ether oxygens (including phenoxy) is 4. The van der Waals surface area contributed by atoms with Crippen molar-refractivity contribution < 1.29 is 42.9 Å². The molecule has 2 N–H and O–H groups in total. The second kappa shape index (κ2) is 15.7. The second-order valence-electron chi connectivity index (χ2n) is 15.4. The number of nitrogens with one attached hydrogen (secondary N) is 2. The largest absolute Gasteiger partial charge is 0.496 e. The molecule has 4 aromatic rings. The first-order chi connectivity index (χ1) is 28.0. The van der Waals surface area contributed by atoms with E-state index in [4.69, 9.17) is 18.9 Å². The monoisotopic (exact) mass is 792 g/mol. The Kier molecular flexibility index (Phi) is 10.5. The lowest BCUT2D eigenvalue weighted by Crippen LogP contribution is -2.66. The highest BCUT2D eigenvalue weighted by Gasteiger charge is 2.52. The molecule has 5 amide bonds. The summed E-state index contributed by atoms with van der Waals surface area (Å²) in [5.41, 5.74) is 3.07. The maximum absolute atomic E-state index is 13.0. The molecular weight excluding hydrogens is 748 g/mol. The number of carbonyl (C=O) groups is 5. The van der Waals surface area contributed by atoms with Crippen LogP contribution < -0.4 is 30.4 Å². The maximum atomic E-state index is 13.0. The van der Waals surface area contributed by atoms with Crippen LogP contribution in [0.25, 0.3) is 21.9 Å². The van der Waals surface area contributed by atoms with Crippen LogP contribution in [0, 0.1) is 5.41 Å². The van der Waals surface area contributed by atoms with Crippen molar-refractivity contribution in [3.8, 4) is 28.4 Å². The van der Waals surface area contributed by atoms with E-state index in [1.54, 1.807) is 44.3 Å². The normalized spacial score (nSPS) is 18.8. The summed E-state index contributed by atoms with van der Waals surface area (Å²) in [6.45, 7) is 3.05. The molecule has 1 saturated carbocycles. The number of aryl methyl sites for hydroxylation is 1. The molecule has 16 heteroatoms. The van der Waals surface area contributed by atoms with Crippen LogP contribution >= 0.6 is 0 Å². The molecule has 16 nitrogen and oxygen atoms in total. The Labute approximate surface area is 333 Å². The number of hydrogen-bond donors (Lipinski definition) is 2. The fourth-order valence-corrected chi connectivity index (χ4v) is 8.75. The number of hydrogen-bond acceptors (Lipinski definition) is 12. The summed E-state index contributed by atoms with van der Waals surface area (Å²) in [5.74, 6) is -0.584. The van der Waals surface area contributed by atoms with Crippen molar-refractivity contribution in [1.29, 1.82) is 0 Å². The molecule has 302 valence electrons. The number of amides is 5. The molecule has 1 atom stereocenters. The zero-order chi connectivity index (χ0) is 40.7. The molecule has 1 aliphatic carbocycles. The van der Waals surface area contributed by atoms with Crippen LogP contribution in [-0.4, -0.2) is 108 Å². The first kappa shape index (κ1) is 38.7. The SMILES string of the molecule is COc1cc(-c2cn(C)c(=O)c3cnccc23)cc(OC)c1CN1CC2(CC(NC(=O)CCOCCOc3ccc4c(c3)C(=O)N(C3CCC(=O)NC3=O)C4=O)C2)C1. The number of fused-ring (bicyclic) bond motifs is 2. The van der Waals surface area contributed by atoms with Crippen LogP contribution in [0.1, 0.15) is 58.4 Å². The van der Waals surface area contributed by atoms with Gasteiger partial charge in [0.05, 0.1) is 49.5 Å². The lowest BCUT2D eigenvalue weighted by atomic mass is 9.60. The first-order valence-corrected chi connectivity index (χ1v) is 19.2. The molecule has 2 aromatic carbocycles. The third-order valence-electron chi connectivity index (χ3n) is 11.5. The quantitative estimate of drug-likeness (QED) is 0.141. The van der Waals surface area contributed by atoms with Gasteiger partial charge < -0.3 is 28.8 Å². The Morgan fingerprint density at radius 3 is 2.38 bits per heavy atom. The number of nitrogens with zero attached hydrogens (tertiary/aromatic N) is 4. The minimum absolute atomic E-state index is 0.0472. The molecular formula is C42H44N6O10. The van der Waals surface area contributed by atoms with Crippen LogP contribution in [0.15, 0.2) is 59.8 Å². The first-order valence-electron chi connectivity index (χ1n) is 19.2. The minimum atomic E-state index is -1.03. The van der Waals surface area contributed by atoms with Gasteiger partial charge in [0.2, 0.25) is 17.7 Å². The van der Waals surface area contributed by atoms with E-state index in [9.17, 15) is 28.8 Å². The van der Waals surface area contributed by atoms with Gasteiger partial charge in [0.25, 0.3) is 17.4 Å². The molecule has 0 bridgehead atoms. The van der Waals surface area contributed by atoms with Crippen LogP contribution in [0.4, 0.5) is 0 Å². The van der Waals surface area contributed by atoms with Crippen molar-refractivity contribution in [2.24, 2.45) is 12.5 Å². The summed E-state index contributed by atoms with van der Waals surface area (Å²) < 4.78 is 24.6. The summed E-state index contributed by atoms with van der Waals surface area (Å²) in [6, 6.07) is 9.42. The topological polar surface area (TPSA) is 188 Å². The maximum Gasteiger partial charge on any atom is 0.262 e. The number of carbonyl (C=O) groups excluding carboxylic acids is 5. The third kappa shape index (κ3) is 7.28. The number of pyridine rings is 2. The van der Waals surface area contributed by atoms with Crippen LogP contribution in [0.2, 0.25) is 0 Å². The highest BCUT2D eigenvalue weighted by Crippen LogP contribution is 2.50. The zero-order valence-electron chi connectivity index (χ0n) is 32.5. The van der Waals surface area contributed by atoms with Gasteiger partial charge in [-0.1, -0.05) is 0 Å². The van der Waals surface area contributed by atoms with Gasteiger partial charge in [-0.3, -0.25) is 48.9 Å². The van der Waals surface area contributed by atoms with Crippen molar-refractivity contribution in [2.75, 3.05) is 47.1 Å². The van der Waals surface area contributed by atoms with Gasteiger partial charge in [-0.25, -0.2) is 0 Å². The summed E-state index contributed by atoms with van der Waals surface area (Å²) in [7, 11) is 5.02. The fraction of sp³-hybridized carbons (Fsp3) is 0.405. The van der Waals surface area contributed by atoms with Crippen molar-refractivity contribution in [2.45, 2.75) is 50.7 Å². The molecule has 2 saturated heterocycles. The predicted octanol–water partition coefficient (Wildman–Crippen LogP) is 2.59. The van der Waals surface area contributed by atoms with Crippen molar-refractivity contribution >= 4 is 40.3 Å². The van der Waals surface area contributed by atoms with Gasteiger partial charge in [0.1, 0.15) is 29.9 Å². The minimum Gasteiger partial charge on any atom is -0.496 e. The summed E-state index contributed by atoms with van der Waals surface area (Å²) >= 11 is 0. The van der Waals surface area contributed by atoms with E-state index in [-0.39, 0.29) is 73.1 Å². The van der Waals surface area contributed by atoms with Crippen LogP contribution in [0.3, 0.4) is 0 Å².